The lowest BCUT2D eigenvalue weighted by Gasteiger charge is -2.33. The molecule has 10 heteroatoms. The standard InChI is InChI=1S/C23H31ClN4O4S/c1-16-7-8-17(2)21(13-16)28(33(31,32)26(5)6)15-22(29)27(18(3)23(30)25-4)14-19-9-11-20(24)12-10-19/h7-13,18H,14-15H2,1-6H3,(H,25,30)/t18-/m0/s1. The van der Waals surface area contributed by atoms with E-state index in [2.05, 4.69) is 5.32 Å². The van der Waals surface area contributed by atoms with E-state index in [9.17, 15) is 18.0 Å². The van der Waals surface area contributed by atoms with Gasteiger partial charge in [-0.25, -0.2) is 4.31 Å². The zero-order valence-corrected chi connectivity index (χ0v) is 21.4. The highest BCUT2D eigenvalue weighted by Crippen LogP contribution is 2.26. The van der Waals surface area contributed by atoms with Crippen LogP contribution >= 0.6 is 11.6 Å². The van der Waals surface area contributed by atoms with E-state index in [1.165, 1.54) is 26.0 Å². The number of nitrogens with zero attached hydrogens (tertiary/aromatic N) is 3. The maximum absolute atomic E-state index is 13.5. The number of carbonyl (C=O) groups is 2. The van der Waals surface area contributed by atoms with Gasteiger partial charge in [0.25, 0.3) is 0 Å². The van der Waals surface area contributed by atoms with Crippen molar-refractivity contribution < 1.29 is 18.0 Å². The SMILES string of the molecule is CNC(=O)[C@H](C)N(Cc1ccc(Cl)cc1)C(=O)CN(c1cc(C)ccc1C)S(=O)(=O)N(C)C. The van der Waals surface area contributed by atoms with E-state index < -0.39 is 28.7 Å². The van der Waals surface area contributed by atoms with Crippen LogP contribution in [0.2, 0.25) is 5.02 Å². The molecule has 0 radical (unpaired) electrons. The minimum absolute atomic E-state index is 0.118. The van der Waals surface area contributed by atoms with E-state index >= 15 is 0 Å². The Bertz CT molecular complexity index is 1100. The highest BCUT2D eigenvalue weighted by molar-refractivity contribution is 7.90. The van der Waals surface area contributed by atoms with Crippen LogP contribution in [0.5, 0.6) is 0 Å². The van der Waals surface area contributed by atoms with Gasteiger partial charge in [0.15, 0.2) is 0 Å². The first-order valence-electron chi connectivity index (χ1n) is 10.4. The second-order valence-electron chi connectivity index (χ2n) is 8.03. The van der Waals surface area contributed by atoms with Gasteiger partial charge in [-0.15, -0.1) is 0 Å². The molecule has 2 amide bonds. The number of anilines is 1. The number of hydrogen-bond acceptors (Lipinski definition) is 4. The Kier molecular flexibility index (Phi) is 8.88. The lowest BCUT2D eigenvalue weighted by molar-refractivity contribution is -0.139. The summed E-state index contributed by atoms with van der Waals surface area (Å²) >= 11 is 5.97. The van der Waals surface area contributed by atoms with Crippen molar-refractivity contribution in [1.29, 1.82) is 0 Å². The van der Waals surface area contributed by atoms with Gasteiger partial charge in [0.2, 0.25) is 11.8 Å². The molecule has 1 atom stereocenters. The maximum atomic E-state index is 13.5. The fourth-order valence-corrected chi connectivity index (χ4v) is 4.51. The minimum atomic E-state index is -3.99. The molecule has 2 aromatic rings. The molecule has 0 aliphatic carbocycles. The average Bonchev–Trinajstić information content (AvgIpc) is 2.77. The van der Waals surface area contributed by atoms with Crippen molar-refractivity contribution in [2.24, 2.45) is 0 Å². The van der Waals surface area contributed by atoms with E-state index in [1.54, 1.807) is 44.2 Å². The average molecular weight is 495 g/mol. The van der Waals surface area contributed by atoms with Gasteiger partial charge < -0.3 is 10.2 Å². The summed E-state index contributed by atoms with van der Waals surface area (Å²) in [5, 5.41) is 3.10. The Morgan fingerprint density at radius 2 is 1.67 bits per heavy atom. The van der Waals surface area contributed by atoms with Crippen LogP contribution in [0.25, 0.3) is 0 Å². The Morgan fingerprint density at radius 1 is 1.06 bits per heavy atom. The van der Waals surface area contributed by atoms with E-state index in [-0.39, 0.29) is 12.5 Å². The number of likely N-dealkylation sites (N-methyl/N-ethyl adjacent to an activating group) is 1. The van der Waals surface area contributed by atoms with Crippen LogP contribution in [0.15, 0.2) is 42.5 Å². The molecule has 0 bridgehead atoms. The first kappa shape index (κ1) is 26.6. The second kappa shape index (κ2) is 11.0. The zero-order chi connectivity index (χ0) is 24.9. The van der Waals surface area contributed by atoms with Crippen molar-refractivity contribution in [2.45, 2.75) is 33.4 Å². The van der Waals surface area contributed by atoms with Crippen molar-refractivity contribution in [3.8, 4) is 0 Å². The van der Waals surface area contributed by atoms with Gasteiger partial charge in [0.05, 0.1) is 5.69 Å². The monoisotopic (exact) mass is 494 g/mol. The molecule has 0 aliphatic rings. The fourth-order valence-electron chi connectivity index (χ4n) is 3.27. The number of nitrogens with one attached hydrogen (secondary N) is 1. The van der Waals surface area contributed by atoms with Crippen LogP contribution in [0, 0.1) is 13.8 Å². The van der Waals surface area contributed by atoms with Crippen LogP contribution in [-0.4, -0.2) is 63.2 Å². The molecular formula is C23H31ClN4O4S. The lowest BCUT2D eigenvalue weighted by Crippen LogP contribution is -2.52. The van der Waals surface area contributed by atoms with Crippen molar-refractivity contribution in [2.75, 3.05) is 32.0 Å². The van der Waals surface area contributed by atoms with Crippen molar-refractivity contribution in [1.82, 2.24) is 14.5 Å². The summed E-state index contributed by atoms with van der Waals surface area (Å²) in [5.74, 6) is -0.863. The van der Waals surface area contributed by atoms with E-state index in [4.69, 9.17) is 11.6 Å². The van der Waals surface area contributed by atoms with Crippen LogP contribution in [-0.2, 0) is 26.3 Å². The molecule has 2 rings (SSSR count). The quantitative estimate of drug-likeness (QED) is 0.580. The first-order chi connectivity index (χ1) is 15.4. The molecule has 0 spiro atoms. The molecule has 33 heavy (non-hydrogen) atoms. The number of rotatable bonds is 9. The Hall–Kier alpha value is -2.62. The molecule has 0 aliphatic heterocycles. The fraction of sp³-hybridized carbons (Fsp3) is 0.391. The van der Waals surface area contributed by atoms with E-state index in [1.807, 2.05) is 19.1 Å². The number of halogens is 1. The number of hydrogen-bond donors (Lipinski definition) is 1. The molecule has 0 heterocycles. The van der Waals surface area contributed by atoms with Crippen molar-refractivity contribution >= 4 is 39.3 Å². The Morgan fingerprint density at radius 3 is 2.21 bits per heavy atom. The molecule has 0 saturated carbocycles. The predicted octanol–water partition coefficient (Wildman–Crippen LogP) is 2.73. The third kappa shape index (κ3) is 6.46. The highest BCUT2D eigenvalue weighted by Gasteiger charge is 2.33. The summed E-state index contributed by atoms with van der Waals surface area (Å²) < 4.78 is 28.5. The second-order valence-corrected chi connectivity index (χ2v) is 10.5. The van der Waals surface area contributed by atoms with Gasteiger partial charge in [0.1, 0.15) is 12.6 Å². The summed E-state index contributed by atoms with van der Waals surface area (Å²) in [4.78, 5) is 27.3. The summed E-state index contributed by atoms with van der Waals surface area (Å²) in [5.41, 5.74) is 2.74. The van der Waals surface area contributed by atoms with Gasteiger partial charge in [-0.2, -0.15) is 12.7 Å². The highest BCUT2D eigenvalue weighted by atomic mass is 35.5. The summed E-state index contributed by atoms with van der Waals surface area (Å²) in [7, 11) is 0.327. The van der Waals surface area contributed by atoms with Gasteiger partial charge >= 0.3 is 10.2 Å². The molecule has 0 fully saturated rings. The summed E-state index contributed by atoms with van der Waals surface area (Å²) in [6.07, 6.45) is 0. The van der Waals surface area contributed by atoms with Crippen LogP contribution in [0.3, 0.4) is 0 Å². The summed E-state index contributed by atoms with van der Waals surface area (Å²) in [6, 6.07) is 11.5. The van der Waals surface area contributed by atoms with Crippen LogP contribution in [0.1, 0.15) is 23.6 Å². The van der Waals surface area contributed by atoms with Crippen molar-refractivity contribution in [3.63, 3.8) is 0 Å². The Balaban J connectivity index is 2.49. The smallest absolute Gasteiger partial charge is 0.304 e. The molecular weight excluding hydrogens is 464 g/mol. The molecule has 0 saturated heterocycles. The molecule has 0 unspecified atom stereocenters. The van der Waals surface area contributed by atoms with Gasteiger partial charge in [-0.1, -0.05) is 35.9 Å². The number of benzene rings is 2. The number of amides is 2. The van der Waals surface area contributed by atoms with E-state index in [0.29, 0.717) is 16.3 Å². The topological polar surface area (TPSA) is 90.0 Å². The minimum Gasteiger partial charge on any atom is -0.357 e. The lowest BCUT2D eigenvalue weighted by atomic mass is 10.1. The zero-order valence-electron chi connectivity index (χ0n) is 19.8. The summed E-state index contributed by atoms with van der Waals surface area (Å²) in [6.45, 7) is 4.91. The number of aryl methyl sites for hydroxylation is 2. The van der Waals surface area contributed by atoms with Gasteiger partial charge in [-0.3, -0.25) is 9.59 Å². The van der Waals surface area contributed by atoms with Crippen LogP contribution < -0.4 is 9.62 Å². The van der Waals surface area contributed by atoms with Gasteiger partial charge in [-0.05, 0) is 55.7 Å². The van der Waals surface area contributed by atoms with Crippen molar-refractivity contribution in [3.05, 3.63) is 64.2 Å². The van der Waals surface area contributed by atoms with E-state index in [0.717, 1.165) is 19.7 Å². The largest absolute Gasteiger partial charge is 0.357 e. The van der Waals surface area contributed by atoms with Gasteiger partial charge in [0, 0.05) is 32.7 Å². The third-order valence-electron chi connectivity index (χ3n) is 5.33. The maximum Gasteiger partial charge on any atom is 0.304 e. The molecule has 8 nitrogen and oxygen atoms in total. The normalized spacial score (nSPS) is 12.4. The Labute approximate surface area is 201 Å². The third-order valence-corrected chi connectivity index (χ3v) is 7.39. The number of carbonyl (C=O) groups excluding carboxylic acids is 2. The first-order valence-corrected chi connectivity index (χ1v) is 12.2. The van der Waals surface area contributed by atoms with Crippen LogP contribution in [0.4, 0.5) is 5.69 Å². The molecule has 2 aromatic carbocycles. The molecule has 1 N–H and O–H groups in total. The predicted molar refractivity (Wildman–Crippen MR) is 131 cm³/mol. The molecule has 0 aromatic heterocycles. The molecule has 180 valence electrons.